The molecule has 2 bridgehead atoms. The lowest BCUT2D eigenvalue weighted by Gasteiger charge is -2.34. The van der Waals surface area contributed by atoms with E-state index in [9.17, 15) is 0 Å². The van der Waals surface area contributed by atoms with Gasteiger partial charge in [-0.1, -0.05) is 11.2 Å². The summed E-state index contributed by atoms with van der Waals surface area (Å²) in [5, 5.41) is 7.35. The van der Waals surface area contributed by atoms with Gasteiger partial charge >= 0.3 is 0 Å². The van der Waals surface area contributed by atoms with Crippen LogP contribution in [0.25, 0.3) is 0 Å². The fourth-order valence-corrected chi connectivity index (χ4v) is 3.41. The zero-order valence-electron chi connectivity index (χ0n) is 11.5. The lowest BCUT2D eigenvalue weighted by atomic mass is 9.90. The third-order valence-electron chi connectivity index (χ3n) is 4.51. The lowest BCUT2D eigenvalue weighted by molar-refractivity contribution is 0.157. The van der Waals surface area contributed by atoms with Crippen LogP contribution in [0.15, 0.2) is 17.2 Å². The van der Waals surface area contributed by atoms with E-state index >= 15 is 0 Å². The smallest absolute Gasteiger partial charge is 0.240 e. The van der Waals surface area contributed by atoms with Gasteiger partial charge in [0.05, 0.1) is 6.54 Å². The molecule has 5 heteroatoms. The van der Waals surface area contributed by atoms with E-state index in [4.69, 9.17) is 4.52 Å². The first-order valence-corrected chi connectivity index (χ1v) is 7.14. The normalized spacial score (nSPS) is 30.7. The average molecular weight is 262 g/mol. The highest BCUT2D eigenvalue weighted by molar-refractivity contribution is 5.05. The van der Waals surface area contributed by atoms with Gasteiger partial charge in [-0.3, -0.25) is 0 Å². The van der Waals surface area contributed by atoms with Crippen LogP contribution in [0.4, 0.5) is 0 Å². The highest BCUT2D eigenvalue weighted by atomic mass is 16.5. The first-order chi connectivity index (χ1) is 9.28. The van der Waals surface area contributed by atoms with Crippen LogP contribution in [0.5, 0.6) is 0 Å². The molecule has 2 fully saturated rings. The standard InChI is InChI=1S/C14H22N4O/c1-3-6-15-9-13-16-14(17-19-13)10-7-11-4-5-12(8-10)18(11)2/h3,10-12,15H,1,4-9H2,2H3. The molecule has 2 unspecified atom stereocenters. The average Bonchev–Trinajstić information content (AvgIpc) is 2.93. The van der Waals surface area contributed by atoms with E-state index in [2.05, 4.69) is 34.0 Å². The van der Waals surface area contributed by atoms with Crippen LogP contribution in [0.3, 0.4) is 0 Å². The summed E-state index contributed by atoms with van der Waals surface area (Å²) in [4.78, 5) is 7.07. The molecule has 0 radical (unpaired) electrons. The van der Waals surface area contributed by atoms with Gasteiger partial charge in [-0.05, 0) is 32.7 Å². The minimum atomic E-state index is 0.477. The molecular weight excluding hydrogens is 240 g/mol. The molecule has 0 saturated carbocycles. The number of hydrogen-bond acceptors (Lipinski definition) is 5. The number of nitrogens with zero attached hydrogens (tertiary/aromatic N) is 3. The molecule has 5 nitrogen and oxygen atoms in total. The van der Waals surface area contributed by atoms with Gasteiger partial charge in [0.25, 0.3) is 0 Å². The van der Waals surface area contributed by atoms with Gasteiger partial charge in [-0.25, -0.2) is 0 Å². The van der Waals surface area contributed by atoms with Crippen molar-refractivity contribution < 1.29 is 4.52 Å². The molecule has 19 heavy (non-hydrogen) atoms. The van der Waals surface area contributed by atoms with E-state index in [1.807, 2.05) is 6.08 Å². The molecule has 2 saturated heterocycles. The van der Waals surface area contributed by atoms with E-state index < -0.39 is 0 Å². The summed E-state index contributed by atoms with van der Waals surface area (Å²) in [5.41, 5.74) is 0. The number of aromatic nitrogens is 2. The van der Waals surface area contributed by atoms with Crippen molar-refractivity contribution in [1.82, 2.24) is 20.4 Å². The van der Waals surface area contributed by atoms with Crippen molar-refractivity contribution in [2.75, 3.05) is 13.6 Å². The molecule has 1 aromatic rings. The highest BCUT2D eigenvalue weighted by Crippen LogP contribution is 2.41. The summed E-state index contributed by atoms with van der Waals surface area (Å²) < 4.78 is 5.31. The summed E-state index contributed by atoms with van der Waals surface area (Å²) in [7, 11) is 2.25. The van der Waals surface area contributed by atoms with Gasteiger partial charge in [0.1, 0.15) is 0 Å². The Labute approximate surface area is 114 Å². The SMILES string of the molecule is C=CCNCc1nc(C2CC3CCC(C2)N3C)no1. The molecule has 1 N–H and O–H groups in total. The Morgan fingerprint density at radius 2 is 2.16 bits per heavy atom. The van der Waals surface area contributed by atoms with Crippen LogP contribution in [0, 0.1) is 0 Å². The maximum Gasteiger partial charge on any atom is 0.240 e. The second-order valence-corrected chi connectivity index (χ2v) is 5.68. The van der Waals surface area contributed by atoms with Crippen molar-refractivity contribution in [3.05, 3.63) is 24.4 Å². The number of hydrogen-bond donors (Lipinski definition) is 1. The topological polar surface area (TPSA) is 54.2 Å². The number of piperidine rings is 1. The number of rotatable bonds is 5. The van der Waals surface area contributed by atoms with Crippen molar-refractivity contribution in [3.63, 3.8) is 0 Å². The fraction of sp³-hybridized carbons (Fsp3) is 0.714. The summed E-state index contributed by atoms with van der Waals surface area (Å²) in [5.74, 6) is 2.06. The molecule has 2 aliphatic heterocycles. The summed E-state index contributed by atoms with van der Waals surface area (Å²) in [6, 6.07) is 1.43. The molecule has 3 rings (SSSR count). The second-order valence-electron chi connectivity index (χ2n) is 5.68. The minimum Gasteiger partial charge on any atom is -0.338 e. The zero-order valence-corrected chi connectivity index (χ0v) is 11.5. The first kappa shape index (κ1) is 12.8. The lowest BCUT2D eigenvalue weighted by Crippen LogP contribution is -2.39. The van der Waals surface area contributed by atoms with Crippen molar-refractivity contribution in [3.8, 4) is 0 Å². The number of nitrogens with one attached hydrogen (secondary N) is 1. The maximum absolute atomic E-state index is 5.31. The van der Waals surface area contributed by atoms with Gasteiger partial charge < -0.3 is 14.7 Å². The molecular formula is C14H22N4O. The van der Waals surface area contributed by atoms with E-state index in [0.29, 0.717) is 30.4 Å². The van der Waals surface area contributed by atoms with Crippen LogP contribution in [0.1, 0.15) is 43.3 Å². The predicted molar refractivity (Wildman–Crippen MR) is 72.7 cm³/mol. The molecule has 0 aromatic carbocycles. The third kappa shape index (κ3) is 2.58. The maximum atomic E-state index is 5.31. The van der Waals surface area contributed by atoms with Gasteiger partial charge in [0, 0.05) is 24.5 Å². The molecule has 2 aliphatic rings. The van der Waals surface area contributed by atoms with Gasteiger partial charge in [0.2, 0.25) is 5.89 Å². The van der Waals surface area contributed by atoms with Gasteiger partial charge in [-0.2, -0.15) is 4.98 Å². The van der Waals surface area contributed by atoms with Crippen LogP contribution < -0.4 is 5.32 Å². The Morgan fingerprint density at radius 1 is 1.42 bits per heavy atom. The van der Waals surface area contributed by atoms with Crippen LogP contribution in [0.2, 0.25) is 0 Å². The first-order valence-electron chi connectivity index (χ1n) is 7.14. The monoisotopic (exact) mass is 262 g/mol. The molecule has 104 valence electrons. The summed E-state index contributed by atoms with van der Waals surface area (Å²) in [6.07, 6.45) is 6.82. The Kier molecular flexibility index (Phi) is 3.66. The van der Waals surface area contributed by atoms with E-state index in [-0.39, 0.29) is 0 Å². The van der Waals surface area contributed by atoms with E-state index in [1.165, 1.54) is 25.7 Å². The van der Waals surface area contributed by atoms with Crippen molar-refractivity contribution in [2.45, 2.75) is 50.2 Å². The van der Waals surface area contributed by atoms with E-state index in [1.54, 1.807) is 0 Å². The molecule has 2 atom stereocenters. The Morgan fingerprint density at radius 3 is 2.84 bits per heavy atom. The van der Waals surface area contributed by atoms with Crippen molar-refractivity contribution in [2.24, 2.45) is 0 Å². The minimum absolute atomic E-state index is 0.477. The fourth-order valence-electron chi connectivity index (χ4n) is 3.41. The molecule has 0 aliphatic carbocycles. The van der Waals surface area contributed by atoms with Crippen LogP contribution in [-0.2, 0) is 6.54 Å². The summed E-state index contributed by atoms with van der Waals surface area (Å²) >= 11 is 0. The molecule has 0 spiro atoms. The van der Waals surface area contributed by atoms with Crippen LogP contribution in [-0.4, -0.2) is 40.7 Å². The summed E-state index contributed by atoms with van der Waals surface area (Å²) in [6.45, 7) is 5.05. The van der Waals surface area contributed by atoms with Crippen molar-refractivity contribution >= 4 is 0 Å². The Hall–Kier alpha value is -1.20. The zero-order chi connectivity index (χ0) is 13.2. The largest absolute Gasteiger partial charge is 0.338 e. The Balaban J connectivity index is 1.62. The molecule has 3 heterocycles. The molecule has 0 amide bonds. The highest BCUT2D eigenvalue weighted by Gasteiger charge is 2.40. The quantitative estimate of drug-likeness (QED) is 0.646. The second kappa shape index (κ2) is 5.43. The predicted octanol–water partition coefficient (Wildman–Crippen LogP) is 1.69. The van der Waals surface area contributed by atoms with Crippen molar-refractivity contribution in [1.29, 1.82) is 0 Å². The van der Waals surface area contributed by atoms with E-state index in [0.717, 1.165) is 12.4 Å². The Bertz CT molecular complexity index is 430. The molecule has 1 aromatic heterocycles. The van der Waals surface area contributed by atoms with Crippen LogP contribution >= 0.6 is 0 Å². The van der Waals surface area contributed by atoms with Gasteiger partial charge in [0.15, 0.2) is 5.82 Å². The van der Waals surface area contributed by atoms with Gasteiger partial charge in [-0.15, -0.1) is 6.58 Å². The third-order valence-corrected chi connectivity index (χ3v) is 4.51. The number of fused-ring (bicyclic) bond motifs is 2.